The summed E-state index contributed by atoms with van der Waals surface area (Å²) in [6.07, 6.45) is 0. The summed E-state index contributed by atoms with van der Waals surface area (Å²) in [7, 11) is 0. The van der Waals surface area contributed by atoms with Crippen molar-refractivity contribution in [2.75, 3.05) is 12.3 Å². The zero-order valence-electron chi connectivity index (χ0n) is 9.18. The summed E-state index contributed by atoms with van der Waals surface area (Å²) >= 11 is 0. The van der Waals surface area contributed by atoms with Crippen molar-refractivity contribution < 1.29 is 4.74 Å². The molecule has 1 heterocycles. The molecule has 0 amide bonds. The summed E-state index contributed by atoms with van der Waals surface area (Å²) < 4.78 is 5.59. The molecule has 16 heavy (non-hydrogen) atoms. The van der Waals surface area contributed by atoms with E-state index in [1.54, 1.807) is 6.07 Å². The highest BCUT2D eigenvalue weighted by Gasteiger charge is 2.04. The zero-order chi connectivity index (χ0) is 11.5. The maximum atomic E-state index is 5.66. The van der Waals surface area contributed by atoms with Gasteiger partial charge < -0.3 is 16.2 Å². The van der Waals surface area contributed by atoms with Crippen molar-refractivity contribution in [3.05, 3.63) is 30.3 Å². The quantitative estimate of drug-likeness (QED) is 0.817. The molecular weight excluding hydrogens is 202 g/mol. The average Bonchev–Trinajstić information content (AvgIpc) is 2.26. The highest BCUT2D eigenvalue weighted by Crippen LogP contribution is 2.24. The molecule has 0 aliphatic heterocycles. The summed E-state index contributed by atoms with van der Waals surface area (Å²) in [6.45, 7) is 2.36. The summed E-state index contributed by atoms with van der Waals surface area (Å²) in [5.74, 6) is 1.21. The van der Waals surface area contributed by atoms with E-state index in [-0.39, 0.29) is 6.04 Å². The minimum absolute atomic E-state index is 0.00341. The highest BCUT2D eigenvalue weighted by atomic mass is 16.5. The van der Waals surface area contributed by atoms with Gasteiger partial charge in [-0.25, -0.2) is 4.98 Å². The van der Waals surface area contributed by atoms with Crippen LogP contribution in [0.2, 0.25) is 0 Å². The van der Waals surface area contributed by atoms with E-state index in [0.29, 0.717) is 12.4 Å². The number of hydrogen-bond acceptors (Lipinski definition) is 4. The molecular formula is C12H15N3O. The number of para-hydroxylation sites is 1. The molecule has 2 rings (SSSR count). The lowest BCUT2D eigenvalue weighted by atomic mass is 10.2. The van der Waals surface area contributed by atoms with E-state index in [4.69, 9.17) is 16.2 Å². The van der Waals surface area contributed by atoms with Crippen LogP contribution in [0, 0.1) is 0 Å². The lowest BCUT2D eigenvalue weighted by Crippen LogP contribution is -2.23. The van der Waals surface area contributed by atoms with Gasteiger partial charge in [0.05, 0.1) is 0 Å². The number of benzene rings is 1. The van der Waals surface area contributed by atoms with Crippen molar-refractivity contribution in [1.29, 1.82) is 0 Å². The van der Waals surface area contributed by atoms with E-state index >= 15 is 0 Å². The van der Waals surface area contributed by atoms with Gasteiger partial charge in [-0.1, -0.05) is 12.1 Å². The topological polar surface area (TPSA) is 74.2 Å². The first-order valence-corrected chi connectivity index (χ1v) is 5.20. The molecule has 1 atom stereocenters. The molecule has 84 valence electrons. The predicted molar refractivity (Wildman–Crippen MR) is 65.3 cm³/mol. The smallest absolute Gasteiger partial charge is 0.145 e. The number of hydrogen-bond donors (Lipinski definition) is 2. The first kappa shape index (κ1) is 10.7. The van der Waals surface area contributed by atoms with Gasteiger partial charge in [0.15, 0.2) is 0 Å². The number of anilines is 1. The molecule has 4 heteroatoms. The molecule has 1 unspecified atom stereocenters. The maximum Gasteiger partial charge on any atom is 0.145 e. The molecule has 0 spiro atoms. The largest absolute Gasteiger partial charge is 0.490 e. The van der Waals surface area contributed by atoms with Crippen LogP contribution in [0.3, 0.4) is 0 Å². The van der Waals surface area contributed by atoms with E-state index in [0.717, 1.165) is 16.7 Å². The Balaban J connectivity index is 2.40. The number of pyridine rings is 1. The fourth-order valence-electron chi connectivity index (χ4n) is 1.47. The third-order valence-corrected chi connectivity index (χ3v) is 2.21. The fourth-order valence-corrected chi connectivity index (χ4v) is 1.47. The fraction of sp³-hybridized carbons (Fsp3) is 0.250. The van der Waals surface area contributed by atoms with Crippen LogP contribution in [0.4, 0.5) is 5.82 Å². The molecule has 4 N–H and O–H groups in total. The average molecular weight is 217 g/mol. The van der Waals surface area contributed by atoms with Crippen LogP contribution in [0.1, 0.15) is 6.92 Å². The first-order valence-electron chi connectivity index (χ1n) is 5.20. The minimum atomic E-state index is -0.00341. The third-order valence-electron chi connectivity index (χ3n) is 2.21. The second-order valence-electron chi connectivity index (χ2n) is 3.85. The summed E-state index contributed by atoms with van der Waals surface area (Å²) in [6, 6.07) is 9.47. The van der Waals surface area contributed by atoms with Crippen LogP contribution >= 0.6 is 0 Å². The number of nitrogens with zero attached hydrogens (tertiary/aromatic N) is 1. The Bertz CT molecular complexity index is 497. The van der Waals surface area contributed by atoms with Gasteiger partial charge in [0.1, 0.15) is 23.7 Å². The van der Waals surface area contributed by atoms with E-state index in [1.807, 2.05) is 31.2 Å². The second kappa shape index (κ2) is 4.37. The Kier molecular flexibility index (Phi) is 2.92. The number of rotatable bonds is 3. The van der Waals surface area contributed by atoms with Crippen LogP contribution in [0.5, 0.6) is 5.75 Å². The molecule has 0 saturated carbocycles. The van der Waals surface area contributed by atoms with Crippen molar-refractivity contribution >= 4 is 16.7 Å². The van der Waals surface area contributed by atoms with Crippen molar-refractivity contribution in [2.45, 2.75) is 13.0 Å². The molecule has 0 aliphatic rings. The Morgan fingerprint density at radius 2 is 2.12 bits per heavy atom. The third kappa shape index (κ3) is 2.23. The van der Waals surface area contributed by atoms with Gasteiger partial charge in [-0.15, -0.1) is 0 Å². The number of fused-ring (bicyclic) bond motifs is 1. The molecule has 0 saturated heterocycles. The van der Waals surface area contributed by atoms with E-state index < -0.39 is 0 Å². The van der Waals surface area contributed by atoms with E-state index in [2.05, 4.69) is 4.98 Å². The molecule has 0 fully saturated rings. The monoisotopic (exact) mass is 217 g/mol. The van der Waals surface area contributed by atoms with Crippen molar-refractivity contribution in [2.24, 2.45) is 5.73 Å². The molecule has 1 aromatic carbocycles. The van der Waals surface area contributed by atoms with Gasteiger partial charge in [-0.05, 0) is 25.1 Å². The maximum absolute atomic E-state index is 5.66. The van der Waals surface area contributed by atoms with Crippen LogP contribution in [0.25, 0.3) is 10.9 Å². The summed E-state index contributed by atoms with van der Waals surface area (Å²) in [5, 5.41) is 1.01. The first-order chi connectivity index (χ1) is 7.66. The minimum Gasteiger partial charge on any atom is -0.490 e. The molecule has 1 aromatic heterocycles. The molecule has 2 aromatic rings. The van der Waals surface area contributed by atoms with Gasteiger partial charge in [-0.2, -0.15) is 0 Å². The van der Waals surface area contributed by atoms with Gasteiger partial charge in [0.25, 0.3) is 0 Å². The van der Waals surface area contributed by atoms with E-state index in [9.17, 15) is 0 Å². The number of nitrogen functional groups attached to an aromatic ring is 1. The van der Waals surface area contributed by atoms with Crippen molar-refractivity contribution in [3.63, 3.8) is 0 Å². The Hall–Kier alpha value is -1.81. The lowest BCUT2D eigenvalue weighted by Gasteiger charge is -2.10. The number of aromatic nitrogens is 1. The van der Waals surface area contributed by atoms with Crippen molar-refractivity contribution in [1.82, 2.24) is 4.98 Å². The Labute approximate surface area is 94.2 Å². The highest BCUT2D eigenvalue weighted by molar-refractivity contribution is 5.85. The molecule has 0 aliphatic carbocycles. The SMILES string of the molecule is CC(N)COc1cccc2ccc(N)nc12. The van der Waals surface area contributed by atoms with Gasteiger partial charge >= 0.3 is 0 Å². The summed E-state index contributed by atoms with van der Waals surface area (Å²) in [4.78, 5) is 4.27. The molecule has 0 bridgehead atoms. The number of ether oxygens (including phenoxy) is 1. The molecule has 4 nitrogen and oxygen atoms in total. The number of nitrogens with two attached hydrogens (primary N) is 2. The van der Waals surface area contributed by atoms with Gasteiger partial charge in [0.2, 0.25) is 0 Å². The standard InChI is InChI=1S/C12H15N3O/c1-8(13)7-16-10-4-2-3-9-5-6-11(14)15-12(9)10/h2-6,8H,7,13H2,1H3,(H2,14,15). The van der Waals surface area contributed by atoms with Gasteiger partial charge in [-0.3, -0.25) is 0 Å². The molecule has 0 radical (unpaired) electrons. The zero-order valence-corrected chi connectivity index (χ0v) is 9.18. The summed E-state index contributed by atoms with van der Waals surface area (Å²) in [5.41, 5.74) is 12.1. The normalized spacial score (nSPS) is 12.6. The Morgan fingerprint density at radius 3 is 2.88 bits per heavy atom. The van der Waals surface area contributed by atoms with Crippen molar-refractivity contribution in [3.8, 4) is 5.75 Å². The van der Waals surface area contributed by atoms with Crippen LogP contribution in [0.15, 0.2) is 30.3 Å². The Morgan fingerprint density at radius 1 is 1.31 bits per heavy atom. The second-order valence-corrected chi connectivity index (χ2v) is 3.85. The van der Waals surface area contributed by atoms with Crippen LogP contribution in [-0.4, -0.2) is 17.6 Å². The van der Waals surface area contributed by atoms with Crippen LogP contribution in [-0.2, 0) is 0 Å². The lowest BCUT2D eigenvalue weighted by molar-refractivity contribution is 0.299. The van der Waals surface area contributed by atoms with Crippen LogP contribution < -0.4 is 16.2 Å². The predicted octanol–water partition coefficient (Wildman–Crippen LogP) is 1.54. The van der Waals surface area contributed by atoms with Gasteiger partial charge in [0, 0.05) is 11.4 Å². The van der Waals surface area contributed by atoms with E-state index in [1.165, 1.54) is 0 Å².